The van der Waals surface area contributed by atoms with Crippen LogP contribution < -0.4 is 4.74 Å². The van der Waals surface area contributed by atoms with E-state index in [-0.39, 0.29) is 0 Å². The van der Waals surface area contributed by atoms with Crippen LogP contribution in [-0.4, -0.2) is 6.61 Å². The molecule has 0 heterocycles. The quantitative estimate of drug-likeness (QED) is 0.792. The maximum Gasteiger partial charge on any atom is 0.119 e. The molecule has 0 aliphatic carbocycles. The fourth-order valence-corrected chi connectivity index (χ4v) is 1.48. The molecule has 0 spiro atoms. The average Bonchev–Trinajstić information content (AvgIpc) is 2.10. The highest BCUT2D eigenvalue weighted by Crippen LogP contribution is 2.26. The third kappa shape index (κ3) is 3.02. The van der Waals surface area contributed by atoms with Crippen molar-refractivity contribution in [1.29, 1.82) is 0 Å². The van der Waals surface area contributed by atoms with Crippen LogP contribution >= 0.6 is 15.9 Å². The normalized spacial score (nSPS) is 10.7. The maximum absolute atomic E-state index is 5.66. The summed E-state index contributed by atoms with van der Waals surface area (Å²) in [5.74, 6) is 1.54. The minimum atomic E-state index is 0.569. The van der Waals surface area contributed by atoms with Gasteiger partial charge in [0, 0.05) is 4.47 Å². The first kappa shape index (κ1) is 11.6. The molecule has 1 aromatic rings. The molecule has 0 aliphatic heterocycles. The van der Waals surface area contributed by atoms with Gasteiger partial charge in [0.25, 0.3) is 0 Å². The third-order valence-electron chi connectivity index (χ3n) is 1.99. The molecule has 0 aliphatic rings. The van der Waals surface area contributed by atoms with E-state index >= 15 is 0 Å². The summed E-state index contributed by atoms with van der Waals surface area (Å²) in [6.07, 6.45) is 0. The molecule has 0 amide bonds. The van der Waals surface area contributed by atoms with Crippen molar-refractivity contribution in [2.75, 3.05) is 6.61 Å². The molecule has 0 atom stereocenters. The van der Waals surface area contributed by atoms with Crippen molar-refractivity contribution in [3.05, 3.63) is 27.7 Å². The predicted octanol–water partition coefficient (Wildman–Crippen LogP) is 4.10. The van der Waals surface area contributed by atoms with Crippen molar-refractivity contribution in [2.45, 2.75) is 27.7 Å². The standard InChI is InChI=1S/C12H17BrO/c1-8(2)7-14-11-5-9(3)12(13)10(4)6-11/h5-6,8H,7H2,1-4H3. The van der Waals surface area contributed by atoms with Crippen molar-refractivity contribution in [3.8, 4) is 5.75 Å². The molecule has 0 aromatic heterocycles. The lowest BCUT2D eigenvalue weighted by Gasteiger charge is -2.11. The van der Waals surface area contributed by atoms with Gasteiger partial charge in [-0.2, -0.15) is 0 Å². The molecule has 2 heteroatoms. The summed E-state index contributed by atoms with van der Waals surface area (Å²) in [4.78, 5) is 0. The minimum Gasteiger partial charge on any atom is -0.493 e. The van der Waals surface area contributed by atoms with E-state index < -0.39 is 0 Å². The topological polar surface area (TPSA) is 9.23 Å². The Bertz CT molecular complexity index is 295. The van der Waals surface area contributed by atoms with Crippen molar-refractivity contribution in [3.63, 3.8) is 0 Å². The fourth-order valence-electron chi connectivity index (χ4n) is 1.25. The summed E-state index contributed by atoms with van der Waals surface area (Å²) in [5.41, 5.74) is 2.45. The van der Waals surface area contributed by atoms with Crippen LogP contribution in [0.1, 0.15) is 25.0 Å². The Kier molecular flexibility index (Phi) is 3.99. The monoisotopic (exact) mass is 256 g/mol. The summed E-state index contributed by atoms with van der Waals surface area (Å²) >= 11 is 3.54. The molecule has 0 saturated heterocycles. The van der Waals surface area contributed by atoms with Crippen LogP contribution in [0.4, 0.5) is 0 Å². The SMILES string of the molecule is Cc1cc(OCC(C)C)cc(C)c1Br. The Labute approximate surface area is 94.6 Å². The second-order valence-corrected chi connectivity index (χ2v) is 4.87. The van der Waals surface area contributed by atoms with Crippen molar-refractivity contribution < 1.29 is 4.74 Å². The molecule has 14 heavy (non-hydrogen) atoms. The van der Waals surface area contributed by atoms with Crippen LogP contribution in [0.15, 0.2) is 16.6 Å². The van der Waals surface area contributed by atoms with Crippen molar-refractivity contribution >= 4 is 15.9 Å². The Balaban J connectivity index is 2.79. The molecule has 0 N–H and O–H groups in total. The summed E-state index contributed by atoms with van der Waals surface area (Å²) in [6, 6.07) is 4.14. The zero-order valence-corrected chi connectivity index (χ0v) is 10.8. The van der Waals surface area contributed by atoms with E-state index in [0.29, 0.717) is 5.92 Å². The summed E-state index contributed by atoms with van der Waals surface area (Å²) in [5, 5.41) is 0. The lowest BCUT2D eigenvalue weighted by Crippen LogP contribution is -2.04. The number of halogens is 1. The Hall–Kier alpha value is -0.500. The van der Waals surface area contributed by atoms with Crippen LogP contribution in [-0.2, 0) is 0 Å². The van der Waals surface area contributed by atoms with Gasteiger partial charge in [-0.05, 0) is 43.0 Å². The Morgan fingerprint density at radius 2 is 1.71 bits per heavy atom. The lowest BCUT2D eigenvalue weighted by molar-refractivity contribution is 0.270. The van der Waals surface area contributed by atoms with Gasteiger partial charge in [0.1, 0.15) is 5.75 Å². The summed E-state index contributed by atoms with van der Waals surface area (Å²) < 4.78 is 6.84. The van der Waals surface area contributed by atoms with E-state index in [0.717, 1.165) is 12.4 Å². The summed E-state index contributed by atoms with van der Waals surface area (Å²) in [6.45, 7) is 9.25. The van der Waals surface area contributed by atoms with Crippen LogP contribution in [0.2, 0.25) is 0 Å². The van der Waals surface area contributed by atoms with E-state index in [4.69, 9.17) is 4.74 Å². The minimum absolute atomic E-state index is 0.569. The first-order valence-electron chi connectivity index (χ1n) is 4.90. The van der Waals surface area contributed by atoms with Crippen LogP contribution in [0.5, 0.6) is 5.75 Å². The van der Waals surface area contributed by atoms with E-state index in [1.54, 1.807) is 0 Å². The summed E-state index contributed by atoms with van der Waals surface area (Å²) in [7, 11) is 0. The second-order valence-electron chi connectivity index (χ2n) is 4.08. The molecule has 0 fully saturated rings. The van der Waals surface area contributed by atoms with Crippen LogP contribution in [0.3, 0.4) is 0 Å². The first-order chi connectivity index (χ1) is 6.50. The van der Waals surface area contributed by atoms with Gasteiger partial charge in [0.05, 0.1) is 6.61 Å². The predicted molar refractivity (Wildman–Crippen MR) is 63.9 cm³/mol. The number of ether oxygens (including phenoxy) is 1. The molecule has 1 aromatic carbocycles. The van der Waals surface area contributed by atoms with Gasteiger partial charge in [-0.25, -0.2) is 0 Å². The number of hydrogen-bond acceptors (Lipinski definition) is 1. The molecular formula is C12H17BrO. The van der Waals surface area contributed by atoms with Gasteiger partial charge in [-0.15, -0.1) is 0 Å². The molecule has 78 valence electrons. The number of benzene rings is 1. The van der Waals surface area contributed by atoms with Crippen molar-refractivity contribution in [2.24, 2.45) is 5.92 Å². The number of aryl methyl sites for hydroxylation is 2. The largest absolute Gasteiger partial charge is 0.493 e. The van der Waals surface area contributed by atoms with Crippen molar-refractivity contribution in [1.82, 2.24) is 0 Å². The number of hydrogen-bond donors (Lipinski definition) is 0. The molecule has 0 saturated carbocycles. The lowest BCUT2D eigenvalue weighted by atomic mass is 10.1. The Morgan fingerprint density at radius 1 is 1.21 bits per heavy atom. The van der Waals surface area contributed by atoms with E-state index in [9.17, 15) is 0 Å². The highest BCUT2D eigenvalue weighted by molar-refractivity contribution is 9.10. The van der Waals surface area contributed by atoms with Gasteiger partial charge in [-0.3, -0.25) is 0 Å². The highest BCUT2D eigenvalue weighted by Gasteiger charge is 2.03. The molecule has 1 rings (SSSR count). The van der Waals surface area contributed by atoms with Gasteiger partial charge < -0.3 is 4.74 Å². The van der Waals surface area contributed by atoms with E-state index in [1.807, 2.05) is 0 Å². The van der Waals surface area contributed by atoms with Gasteiger partial charge >= 0.3 is 0 Å². The van der Waals surface area contributed by atoms with Crippen LogP contribution in [0, 0.1) is 19.8 Å². The first-order valence-corrected chi connectivity index (χ1v) is 5.69. The highest BCUT2D eigenvalue weighted by atomic mass is 79.9. The molecule has 0 unspecified atom stereocenters. The molecule has 0 bridgehead atoms. The third-order valence-corrected chi connectivity index (χ3v) is 3.24. The molecule has 0 radical (unpaired) electrons. The fraction of sp³-hybridized carbons (Fsp3) is 0.500. The zero-order valence-electron chi connectivity index (χ0n) is 9.23. The van der Waals surface area contributed by atoms with Gasteiger partial charge in [0.15, 0.2) is 0 Å². The van der Waals surface area contributed by atoms with Crippen LogP contribution in [0.25, 0.3) is 0 Å². The van der Waals surface area contributed by atoms with E-state index in [1.165, 1.54) is 15.6 Å². The molecular weight excluding hydrogens is 240 g/mol. The second kappa shape index (κ2) is 4.83. The zero-order chi connectivity index (χ0) is 10.7. The smallest absolute Gasteiger partial charge is 0.119 e. The van der Waals surface area contributed by atoms with E-state index in [2.05, 4.69) is 55.8 Å². The Morgan fingerprint density at radius 3 is 2.14 bits per heavy atom. The average molecular weight is 257 g/mol. The van der Waals surface area contributed by atoms with Gasteiger partial charge in [-0.1, -0.05) is 29.8 Å². The number of rotatable bonds is 3. The van der Waals surface area contributed by atoms with Gasteiger partial charge in [0.2, 0.25) is 0 Å². The maximum atomic E-state index is 5.66. The molecule has 1 nitrogen and oxygen atoms in total.